The van der Waals surface area contributed by atoms with Gasteiger partial charge in [-0.3, -0.25) is 4.90 Å². The predicted molar refractivity (Wildman–Crippen MR) is 73.5 cm³/mol. The molecule has 6 heteroatoms. The number of hydrogen-bond donors (Lipinski definition) is 1. The second kappa shape index (κ2) is 6.11. The van der Waals surface area contributed by atoms with E-state index in [0.717, 1.165) is 11.8 Å². The molecule has 0 spiro atoms. The summed E-state index contributed by atoms with van der Waals surface area (Å²) in [6.45, 7) is 3.20. The summed E-state index contributed by atoms with van der Waals surface area (Å²) in [6, 6.07) is 5.47. The normalized spacial score (nSPS) is 12.9. The van der Waals surface area contributed by atoms with E-state index in [-0.39, 0.29) is 11.7 Å². The fourth-order valence-electron chi connectivity index (χ4n) is 1.84. The van der Waals surface area contributed by atoms with Gasteiger partial charge in [-0.05, 0) is 32.2 Å². The molecular weight excluding hydrogens is 262 g/mol. The molecule has 0 aliphatic carbocycles. The smallest absolute Gasteiger partial charge is 0.151 e. The number of benzene rings is 1. The van der Waals surface area contributed by atoms with E-state index in [0.29, 0.717) is 13.1 Å². The second-order valence-electron chi connectivity index (χ2n) is 4.85. The largest absolute Gasteiger partial charge is 0.329 e. The van der Waals surface area contributed by atoms with Gasteiger partial charge in [-0.25, -0.2) is 13.5 Å². The average Bonchev–Trinajstić information content (AvgIpc) is 2.85. The molecule has 1 atom stereocenters. The van der Waals surface area contributed by atoms with Gasteiger partial charge in [0.15, 0.2) is 5.82 Å². The van der Waals surface area contributed by atoms with Crippen LogP contribution in [0.2, 0.25) is 0 Å². The molecule has 108 valence electrons. The van der Waals surface area contributed by atoms with Crippen LogP contribution in [0.5, 0.6) is 0 Å². The SMILES string of the molecule is CC(CN)N(C)Cc1ccn(-c2ccc(F)cc2F)n1. The van der Waals surface area contributed by atoms with Crippen molar-refractivity contribution < 1.29 is 8.78 Å². The molecule has 0 saturated heterocycles. The van der Waals surface area contributed by atoms with Crippen LogP contribution in [-0.4, -0.2) is 34.3 Å². The monoisotopic (exact) mass is 280 g/mol. The minimum atomic E-state index is -0.636. The van der Waals surface area contributed by atoms with Gasteiger partial charge >= 0.3 is 0 Å². The Morgan fingerprint density at radius 2 is 2.10 bits per heavy atom. The lowest BCUT2D eigenvalue weighted by Gasteiger charge is -2.21. The zero-order chi connectivity index (χ0) is 14.7. The summed E-state index contributed by atoms with van der Waals surface area (Å²) in [4.78, 5) is 2.06. The Kier molecular flexibility index (Phi) is 4.46. The Hall–Kier alpha value is -1.79. The van der Waals surface area contributed by atoms with Crippen molar-refractivity contribution in [1.29, 1.82) is 0 Å². The van der Waals surface area contributed by atoms with E-state index in [1.54, 1.807) is 6.20 Å². The number of nitrogens with zero attached hydrogens (tertiary/aromatic N) is 3. The summed E-state index contributed by atoms with van der Waals surface area (Å²) < 4.78 is 28.0. The predicted octanol–water partition coefficient (Wildman–Crippen LogP) is 1.93. The molecule has 2 aromatic rings. The molecule has 0 saturated carbocycles. The van der Waals surface area contributed by atoms with E-state index < -0.39 is 11.6 Å². The number of likely N-dealkylation sites (N-methyl/N-ethyl adjacent to an activating group) is 1. The van der Waals surface area contributed by atoms with Gasteiger partial charge in [0.05, 0.1) is 5.69 Å². The number of nitrogens with two attached hydrogens (primary N) is 1. The Morgan fingerprint density at radius 1 is 1.35 bits per heavy atom. The van der Waals surface area contributed by atoms with Crippen LogP contribution in [0, 0.1) is 11.6 Å². The van der Waals surface area contributed by atoms with Crippen molar-refractivity contribution in [3.8, 4) is 5.69 Å². The maximum Gasteiger partial charge on any atom is 0.151 e. The molecule has 0 fully saturated rings. The van der Waals surface area contributed by atoms with Crippen LogP contribution in [0.1, 0.15) is 12.6 Å². The van der Waals surface area contributed by atoms with Gasteiger partial charge in [0, 0.05) is 31.4 Å². The molecule has 0 bridgehead atoms. The van der Waals surface area contributed by atoms with Crippen molar-refractivity contribution in [3.05, 3.63) is 47.8 Å². The third-order valence-corrected chi connectivity index (χ3v) is 3.31. The Morgan fingerprint density at radius 3 is 2.75 bits per heavy atom. The van der Waals surface area contributed by atoms with Gasteiger partial charge in [-0.1, -0.05) is 0 Å². The summed E-state index contributed by atoms with van der Waals surface area (Å²) in [7, 11) is 1.95. The highest BCUT2D eigenvalue weighted by Crippen LogP contribution is 2.15. The van der Waals surface area contributed by atoms with Crippen LogP contribution >= 0.6 is 0 Å². The van der Waals surface area contributed by atoms with Crippen LogP contribution in [0.15, 0.2) is 30.5 Å². The van der Waals surface area contributed by atoms with E-state index in [1.165, 1.54) is 16.8 Å². The quantitative estimate of drug-likeness (QED) is 0.910. The fraction of sp³-hybridized carbons (Fsp3) is 0.357. The van der Waals surface area contributed by atoms with Crippen LogP contribution in [0.4, 0.5) is 8.78 Å². The molecule has 0 aliphatic heterocycles. The number of rotatable bonds is 5. The third-order valence-electron chi connectivity index (χ3n) is 3.31. The first kappa shape index (κ1) is 14.6. The average molecular weight is 280 g/mol. The third kappa shape index (κ3) is 3.20. The van der Waals surface area contributed by atoms with Crippen LogP contribution in [0.25, 0.3) is 5.69 Å². The maximum atomic E-state index is 13.7. The summed E-state index contributed by atoms with van der Waals surface area (Å²) in [6.07, 6.45) is 1.66. The first-order valence-corrected chi connectivity index (χ1v) is 6.41. The molecule has 4 nitrogen and oxygen atoms in total. The van der Waals surface area contributed by atoms with Crippen LogP contribution in [0.3, 0.4) is 0 Å². The molecule has 0 aliphatic rings. The van der Waals surface area contributed by atoms with Gasteiger partial charge < -0.3 is 5.73 Å². The first-order valence-electron chi connectivity index (χ1n) is 6.41. The maximum absolute atomic E-state index is 13.7. The molecule has 1 heterocycles. The van der Waals surface area contributed by atoms with Crippen molar-refractivity contribution in [2.45, 2.75) is 19.5 Å². The molecule has 1 unspecified atom stereocenters. The number of hydrogen-bond acceptors (Lipinski definition) is 3. The summed E-state index contributed by atoms with van der Waals surface area (Å²) >= 11 is 0. The van der Waals surface area contributed by atoms with Crippen molar-refractivity contribution >= 4 is 0 Å². The molecule has 2 N–H and O–H groups in total. The summed E-state index contributed by atoms with van der Waals surface area (Å²) in [5.41, 5.74) is 6.64. The van der Waals surface area contributed by atoms with E-state index in [1.807, 2.05) is 20.0 Å². The van der Waals surface area contributed by atoms with E-state index >= 15 is 0 Å². The topological polar surface area (TPSA) is 47.1 Å². The van der Waals surface area contributed by atoms with E-state index in [4.69, 9.17) is 5.73 Å². The van der Waals surface area contributed by atoms with Crippen molar-refractivity contribution in [3.63, 3.8) is 0 Å². The van der Waals surface area contributed by atoms with Crippen molar-refractivity contribution in [2.24, 2.45) is 5.73 Å². The first-order chi connectivity index (χ1) is 9.51. The minimum Gasteiger partial charge on any atom is -0.329 e. The lowest BCUT2D eigenvalue weighted by molar-refractivity contribution is 0.251. The molecule has 20 heavy (non-hydrogen) atoms. The molecular formula is C14H18F2N4. The molecule has 0 radical (unpaired) electrons. The highest BCUT2D eigenvalue weighted by atomic mass is 19.1. The molecule has 1 aromatic heterocycles. The van der Waals surface area contributed by atoms with E-state index in [9.17, 15) is 8.78 Å². The second-order valence-corrected chi connectivity index (χ2v) is 4.85. The lowest BCUT2D eigenvalue weighted by atomic mass is 10.3. The van der Waals surface area contributed by atoms with Gasteiger partial charge in [0.1, 0.15) is 11.5 Å². The van der Waals surface area contributed by atoms with Crippen LogP contribution in [-0.2, 0) is 6.54 Å². The van der Waals surface area contributed by atoms with Gasteiger partial charge in [-0.2, -0.15) is 5.10 Å². The number of aromatic nitrogens is 2. The van der Waals surface area contributed by atoms with Gasteiger partial charge in [0.25, 0.3) is 0 Å². The van der Waals surface area contributed by atoms with Crippen molar-refractivity contribution in [1.82, 2.24) is 14.7 Å². The van der Waals surface area contributed by atoms with Gasteiger partial charge in [-0.15, -0.1) is 0 Å². The summed E-state index contributed by atoms with van der Waals surface area (Å²) in [5, 5.41) is 4.30. The zero-order valence-electron chi connectivity index (χ0n) is 11.6. The fourth-order valence-corrected chi connectivity index (χ4v) is 1.84. The van der Waals surface area contributed by atoms with Gasteiger partial charge in [0.2, 0.25) is 0 Å². The minimum absolute atomic E-state index is 0.229. The van der Waals surface area contributed by atoms with Crippen LogP contribution < -0.4 is 5.73 Å². The highest BCUT2D eigenvalue weighted by molar-refractivity contribution is 5.33. The Labute approximate surface area is 116 Å². The molecule has 0 amide bonds. The highest BCUT2D eigenvalue weighted by Gasteiger charge is 2.11. The van der Waals surface area contributed by atoms with E-state index in [2.05, 4.69) is 10.00 Å². The Balaban J connectivity index is 2.16. The van der Waals surface area contributed by atoms with Crippen molar-refractivity contribution in [2.75, 3.05) is 13.6 Å². The molecule has 2 rings (SSSR count). The Bertz CT molecular complexity index is 582. The standard InChI is InChI=1S/C14H18F2N4/c1-10(8-17)19(2)9-12-5-6-20(18-12)14-4-3-11(15)7-13(14)16/h3-7,10H,8-9,17H2,1-2H3. The lowest BCUT2D eigenvalue weighted by Crippen LogP contribution is -2.34. The summed E-state index contributed by atoms with van der Waals surface area (Å²) in [5.74, 6) is -1.24. The number of halogens is 2. The zero-order valence-corrected chi connectivity index (χ0v) is 11.6. The molecule has 1 aromatic carbocycles.